The molecule has 9 rings (SSSR count). The molecular formula is C57H53N5O7S. The summed E-state index contributed by atoms with van der Waals surface area (Å²) in [5, 5.41) is 3.68. The molecule has 1 atom stereocenters. The number of aromatic amines is 1. The van der Waals surface area contributed by atoms with Gasteiger partial charge in [0.25, 0.3) is 15.7 Å². The van der Waals surface area contributed by atoms with Gasteiger partial charge in [-0.15, -0.1) is 0 Å². The van der Waals surface area contributed by atoms with Crippen LogP contribution >= 0.6 is 0 Å². The van der Waals surface area contributed by atoms with Gasteiger partial charge < -0.3 is 24.1 Å². The first-order valence-electron chi connectivity index (χ1n) is 23.0. The molecule has 13 heteroatoms. The number of nitrogens with zero attached hydrogens (tertiary/aromatic N) is 3. The summed E-state index contributed by atoms with van der Waals surface area (Å²) in [6.07, 6.45) is 1.93. The predicted octanol–water partition coefficient (Wildman–Crippen LogP) is 10.3. The highest BCUT2D eigenvalue weighted by Gasteiger charge is 2.40. The lowest BCUT2D eigenvalue weighted by Crippen LogP contribution is -2.39. The first-order valence-corrected chi connectivity index (χ1v) is 24.4. The fraction of sp³-hybridized carbons (Fsp3) is 0.175. The second-order valence-electron chi connectivity index (χ2n) is 17.0. The number of aryl methyl sites for hydroxylation is 2. The highest BCUT2D eigenvalue weighted by molar-refractivity contribution is 7.86. The molecule has 0 unspecified atom stereocenters. The van der Waals surface area contributed by atoms with E-state index in [-0.39, 0.29) is 36.1 Å². The summed E-state index contributed by atoms with van der Waals surface area (Å²) in [7, 11) is -0.907. The maximum atomic E-state index is 14.0. The minimum absolute atomic E-state index is 0.0553. The molecule has 7 aromatic carbocycles. The Bertz CT molecular complexity index is 3220. The smallest absolute Gasteiger partial charge is 0.296 e. The second-order valence-corrected chi connectivity index (χ2v) is 18.6. The Morgan fingerprint density at radius 1 is 0.614 bits per heavy atom. The zero-order chi connectivity index (χ0) is 48.6. The third-order valence-corrected chi connectivity index (χ3v) is 14.0. The summed E-state index contributed by atoms with van der Waals surface area (Å²) < 4.78 is 53.6. The number of methoxy groups -OCH3 is 2. The molecule has 0 radical (unpaired) electrons. The molecule has 0 amide bonds. The van der Waals surface area contributed by atoms with Gasteiger partial charge in [-0.25, -0.2) is 4.98 Å². The Labute approximate surface area is 407 Å². The number of H-pyrrole nitrogens is 1. The van der Waals surface area contributed by atoms with Crippen LogP contribution in [0.1, 0.15) is 45.4 Å². The standard InChI is InChI=1S/C57H53N5O7S/c1-41-24-34-51(35-25-41)70(64,65)69-39-42(38-68-57(46-20-12-6-13-21-46,47-22-14-7-15-23-47)48-28-32-50(67-3)33-29-48)36-37-62-40-58-52-53(62)59-55(60-54(52)63)61-56(43-16-8-4-9-17-43,44-18-10-5-11-19-44)45-26-30-49(66-2)31-27-45/h4-35,40,42H,36-39H2,1-3H3,(H2,59,60,61,63)/t42-/m1/s1. The lowest BCUT2D eigenvalue weighted by atomic mass is 9.77. The average Bonchev–Trinajstić information content (AvgIpc) is 3.83. The largest absolute Gasteiger partial charge is 0.497 e. The molecule has 70 heavy (non-hydrogen) atoms. The Hall–Kier alpha value is -7.84. The molecule has 9 aromatic rings. The number of fused-ring (bicyclic) bond motifs is 1. The highest BCUT2D eigenvalue weighted by atomic mass is 32.2. The van der Waals surface area contributed by atoms with Crippen molar-refractivity contribution < 1.29 is 26.8 Å². The number of rotatable bonds is 20. The summed E-state index contributed by atoms with van der Waals surface area (Å²) in [5.74, 6) is 1.09. The van der Waals surface area contributed by atoms with E-state index in [1.54, 1.807) is 44.8 Å². The van der Waals surface area contributed by atoms with E-state index in [4.69, 9.17) is 23.4 Å². The van der Waals surface area contributed by atoms with E-state index >= 15 is 0 Å². The number of hydrogen-bond donors (Lipinski definition) is 2. The van der Waals surface area contributed by atoms with E-state index in [1.807, 2.05) is 181 Å². The first kappa shape index (κ1) is 47.2. The van der Waals surface area contributed by atoms with Crippen molar-refractivity contribution in [3.05, 3.63) is 250 Å². The summed E-state index contributed by atoms with van der Waals surface area (Å²) in [6.45, 7) is 2.03. The molecule has 0 bridgehead atoms. The number of ether oxygens (including phenoxy) is 3. The summed E-state index contributed by atoms with van der Waals surface area (Å²) >= 11 is 0. The van der Waals surface area contributed by atoms with Crippen molar-refractivity contribution in [2.45, 2.75) is 35.9 Å². The van der Waals surface area contributed by atoms with Gasteiger partial charge in [-0.05, 0) is 83.1 Å². The van der Waals surface area contributed by atoms with Crippen molar-refractivity contribution in [1.82, 2.24) is 19.5 Å². The molecule has 0 spiro atoms. The van der Waals surface area contributed by atoms with Crippen LogP contribution in [0.25, 0.3) is 11.2 Å². The molecule has 354 valence electrons. The third-order valence-electron chi connectivity index (χ3n) is 12.7. The molecule has 2 aromatic heterocycles. The molecule has 0 saturated heterocycles. The normalized spacial score (nSPS) is 12.4. The summed E-state index contributed by atoms with van der Waals surface area (Å²) in [6, 6.07) is 62.0. The van der Waals surface area contributed by atoms with Gasteiger partial charge in [0.05, 0.1) is 38.7 Å². The van der Waals surface area contributed by atoms with E-state index < -0.39 is 32.7 Å². The Kier molecular flexibility index (Phi) is 14.0. The van der Waals surface area contributed by atoms with Gasteiger partial charge in [-0.2, -0.15) is 13.4 Å². The fourth-order valence-corrected chi connectivity index (χ4v) is 9.92. The van der Waals surface area contributed by atoms with E-state index in [0.29, 0.717) is 23.6 Å². The maximum absolute atomic E-state index is 14.0. The molecule has 0 aliphatic carbocycles. The van der Waals surface area contributed by atoms with Crippen LogP contribution in [0, 0.1) is 12.8 Å². The zero-order valence-corrected chi connectivity index (χ0v) is 39.9. The van der Waals surface area contributed by atoms with E-state index in [9.17, 15) is 13.2 Å². The minimum atomic E-state index is -4.16. The van der Waals surface area contributed by atoms with Crippen LogP contribution in [0.3, 0.4) is 0 Å². The lowest BCUT2D eigenvalue weighted by Gasteiger charge is -2.37. The second kappa shape index (κ2) is 20.8. The number of aromatic nitrogens is 4. The van der Waals surface area contributed by atoms with Gasteiger partial charge in [0.2, 0.25) is 5.95 Å². The number of imidazole rings is 1. The molecular weight excluding hydrogens is 899 g/mol. The van der Waals surface area contributed by atoms with Gasteiger partial charge >= 0.3 is 0 Å². The first-order chi connectivity index (χ1) is 34.1. The minimum Gasteiger partial charge on any atom is -0.497 e. The molecule has 0 saturated carbocycles. The highest BCUT2D eigenvalue weighted by Crippen LogP contribution is 2.43. The Morgan fingerprint density at radius 3 is 1.60 bits per heavy atom. The number of hydrogen-bond acceptors (Lipinski definition) is 10. The van der Waals surface area contributed by atoms with Crippen LogP contribution in [0.5, 0.6) is 11.5 Å². The number of anilines is 1. The molecule has 0 aliphatic heterocycles. The monoisotopic (exact) mass is 951 g/mol. The van der Waals surface area contributed by atoms with Crippen molar-refractivity contribution >= 4 is 27.2 Å². The van der Waals surface area contributed by atoms with Gasteiger partial charge in [0, 0.05) is 12.5 Å². The average molecular weight is 952 g/mol. The molecule has 12 nitrogen and oxygen atoms in total. The van der Waals surface area contributed by atoms with Crippen LogP contribution in [0.2, 0.25) is 0 Å². The van der Waals surface area contributed by atoms with Crippen LogP contribution in [0.4, 0.5) is 5.95 Å². The quantitative estimate of drug-likeness (QED) is 0.0559. The lowest BCUT2D eigenvalue weighted by molar-refractivity contribution is -0.0182. The van der Waals surface area contributed by atoms with E-state index in [2.05, 4.69) is 15.3 Å². The SMILES string of the molecule is COc1ccc(C(Nc2nc3c(ncn3CC[C@H](COC(c3ccccc3)(c3ccccc3)c3ccc(OC)cc3)COS(=O)(=O)c3ccc(C)cc3)c(=O)[nH]2)(c2ccccc2)c2ccccc2)cc1. The molecule has 0 fully saturated rings. The van der Waals surface area contributed by atoms with Crippen molar-refractivity contribution in [3.8, 4) is 11.5 Å². The van der Waals surface area contributed by atoms with Crippen molar-refractivity contribution in [2.75, 3.05) is 32.8 Å². The van der Waals surface area contributed by atoms with Gasteiger partial charge in [0.1, 0.15) is 22.6 Å². The molecule has 2 N–H and O–H groups in total. The zero-order valence-electron chi connectivity index (χ0n) is 39.1. The van der Waals surface area contributed by atoms with Crippen LogP contribution < -0.4 is 20.3 Å². The van der Waals surface area contributed by atoms with E-state index in [0.717, 1.165) is 38.9 Å². The number of nitrogens with one attached hydrogen (secondary N) is 2. The van der Waals surface area contributed by atoms with Crippen LogP contribution in [0.15, 0.2) is 210 Å². The maximum Gasteiger partial charge on any atom is 0.296 e. The molecule has 2 heterocycles. The van der Waals surface area contributed by atoms with Crippen LogP contribution in [-0.4, -0.2) is 55.4 Å². The van der Waals surface area contributed by atoms with Crippen molar-refractivity contribution in [2.24, 2.45) is 5.92 Å². The van der Waals surface area contributed by atoms with Crippen LogP contribution in [-0.2, 0) is 36.7 Å². The summed E-state index contributed by atoms with van der Waals surface area (Å²) in [5.41, 5.74) is 4.10. The van der Waals surface area contributed by atoms with Crippen molar-refractivity contribution in [3.63, 3.8) is 0 Å². The van der Waals surface area contributed by atoms with Gasteiger partial charge in [-0.1, -0.05) is 163 Å². The topological polar surface area (TPSA) is 147 Å². The Balaban J connectivity index is 1.09. The predicted molar refractivity (Wildman–Crippen MR) is 272 cm³/mol. The third kappa shape index (κ3) is 9.72. The fourth-order valence-electron chi connectivity index (χ4n) is 8.95. The Morgan fingerprint density at radius 2 is 1.09 bits per heavy atom. The van der Waals surface area contributed by atoms with E-state index in [1.165, 1.54) is 0 Å². The number of benzene rings is 7. The molecule has 0 aliphatic rings. The summed E-state index contributed by atoms with van der Waals surface area (Å²) in [4.78, 5) is 26.6. The van der Waals surface area contributed by atoms with Crippen molar-refractivity contribution in [1.29, 1.82) is 0 Å². The van der Waals surface area contributed by atoms with Gasteiger partial charge in [0.15, 0.2) is 11.2 Å². The van der Waals surface area contributed by atoms with Gasteiger partial charge in [-0.3, -0.25) is 14.0 Å².